The second-order valence-electron chi connectivity index (χ2n) is 6.34. The van der Waals surface area contributed by atoms with Crippen molar-refractivity contribution in [1.29, 1.82) is 0 Å². The molecule has 2 saturated heterocycles. The molecule has 21 heavy (non-hydrogen) atoms. The Balaban J connectivity index is 1.51. The van der Waals surface area contributed by atoms with Gasteiger partial charge in [0.2, 0.25) is 0 Å². The maximum absolute atomic E-state index is 13.4. The third-order valence-electron chi connectivity index (χ3n) is 4.89. The van der Waals surface area contributed by atoms with Gasteiger partial charge in [-0.1, -0.05) is 6.07 Å². The summed E-state index contributed by atoms with van der Waals surface area (Å²) in [5.74, 6) is 0.445. The number of piperidine rings is 1. The Morgan fingerprint density at radius 2 is 1.86 bits per heavy atom. The largest absolute Gasteiger partial charge is 0.505 e. The fourth-order valence-corrected chi connectivity index (χ4v) is 3.52. The Morgan fingerprint density at radius 3 is 2.52 bits per heavy atom. The molecule has 0 aliphatic carbocycles. The van der Waals surface area contributed by atoms with Gasteiger partial charge in [0.05, 0.1) is 0 Å². The van der Waals surface area contributed by atoms with Crippen LogP contribution in [0, 0.1) is 11.7 Å². The van der Waals surface area contributed by atoms with E-state index in [2.05, 4.69) is 4.90 Å². The predicted octanol–water partition coefficient (Wildman–Crippen LogP) is 3.14. The van der Waals surface area contributed by atoms with Crippen molar-refractivity contribution in [1.82, 2.24) is 4.90 Å². The highest BCUT2D eigenvalue weighted by atomic mass is 19.1. The highest BCUT2D eigenvalue weighted by Crippen LogP contribution is 2.31. The van der Waals surface area contributed by atoms with Crippen LogP contribution in [-0.4, -0.2) is 42.9 Å². The first-order valence-corrected chi connectivity index (χ1v) is 8.01. The molecule has 0 radical (unpaired) electrons. The summed E-state index contributed by atoms with van der Waals surface area (Å²) in [6.45, 7) is 5.18. The molecule has 2 aliphatic rings. The summed E-state index contributed by atoms with van der Waals surface area (Å²) in [5.41, 5.74) is 1.02. The molecule has 4 heteroatoms. The lowest BCUT2D eigenvalue weighted by Gasteiger charge is -2.35. The van der Waals surface area contributed by atoms with Crippen LogP contribution in [0.2, 0.25) is 0 Å². The molecule has 0 bridgehead atoms. The molecule has 1 aromatic rings. The molecular formula is C17H24FNO2. The molecule has 0 atom stereocenters. The summed E-state index contributed by atoms with van der Waals surface area (Å²) in [7, 11) is 0. The van der Waals surface area contributed by atoms with Gasteiger partial charge >= 0.3 is 0 Å². The number of benzene rings is 1. The zero-order chi connectivity index (χ0) is 14.7. The Hall–Kier alpha value is -1.13. The Kier molecular flexibility index (Phi) is 4.76. The van der Waals surface area contributed by atoms with E-state index in [9.17, 15) is 9.50 Å². The highest BCUT2D eigenvalue weighted by molar-refractivity contribution is 5.30. The predicted molar refractivity (Wildman–Crippen MR) is 80.0 cm³/mol. The minimum Gasteiger partial charge on any atom is -0.505 e. The second-order valence-corrected chi connectivity index (χ2v) is 6.34. The number of ether oxygens (including phenoxy) is 1. The molecule has 3 rings (SSSR count). The summed E-state index contributed by atoms with van der Waals surface area (Å²) in [6, 6.07) is 4.82. The van der Waals surface area contributed by atoms with Crippen LogP contribution in [0.5, 0.6) is 5.75 Å². The zero-order valence-electron chi connectivity index (χ0n) is 12.4. The first-order valence-electron chi connectivity index (χ1n) is 8.01. The van der Waals surface area contributed by atoms with E-state index in [1.807, 2.05) is 6.07 Å². The second kappa shape index (κ2) is 6.75. The zero-order valence-corrected chi connectivity index (χ0v) is 12.4. The van der Waals surface area contributed by atoms with Crippen molar-refractivity contribution in [2.75, 3.05) is 32.8 Å². The molecule has 0 unspecified atom stereocenters. The van der Waals surface area contributed by atoms with E-state index in [-0.39, 0.29) is 5.75 Å². The van der Waals surface area contributed by atoms with Crippen molar-refractivity contribution in [2.45, 2.75) is 31.6 Å². The molecule has 116 valence electrons. The van der Waals surface area contributed by atoms with Crippen LogP contribution in [0.4, 0.5) is 4.39 Å². The van der Waals surface area contributed by atoms with Crippen molar-refractivity contribution >= 4 is 0 Å². The summed E-state index contributed by atoms with van der Waals surface area (Å²) < 4.78 is 18.9. The maximum atomic E-state index is 13.4. The Bertz CT molecular complexity index is 466. The lowest BCUT2D eigenvalue weighted by Crippen LogP contribution is -2.38. The smallest absolute Gasteiger partial charge is 0.165 e. The van der Waals surface area contributed by atoms with Gasteiger partial charge in [0, 0.05) is 19.8 Å². The minimum atomic E-state index is -0.503. The van der Waals surface area contributed by atoms with Gasteiger partial charge < -0.3 is 14.7 Å². The normalized spacial score (nSPS) is 22.5. The van der Waals surface area contributed by atoms with E-state index in [0.29, 0.717) is 5.92 Å². The van der Waals surface area contributed by atoms with Crippen molar-refractivity contribution in [2.24, 2.45) is 5.92 Å². The van der Waals surface area contributed by atoms with Gasteiger partial charge in [0.25, 0.3) is 0 Å². The van der Waals surface area contributed by atoms with E-state index >= 15 is 0 Å². The first kappa shape index (κ1) is 14.8. The van der Waals surface area contributed by atoms with Crippen LogP contribution >= 0.6 is 0 Å². The van der Waals surface area contributed by atoms with Gasteiger partial charge in [-0.25, -0.2) is 4.39 Å². The standard InChI is InChI=1S/C17H24FNO2/c18-16-11-15(1-2-17(16)20)14-3-7-19(8-4-14)12-13-5-9-21-10-6-13/h1-2,11,13-14,20H,3-10,12H2. The molecule has 1 aromatic carbocycles. The summed E-state index contributed by atoms with van der Waals surface area (Å²) in [6.07, 6.45) is 4.52. The Labute approximate surface area is 125 Å². The van der Waals surface area contributed by atoms with Gasteiger partial charge in [-0.05, 0) is 68.3 Å². The van der Waals surface area contributed by atoms with Gasteiger partial charge in [0.1, 0.15) is 0 Å². The SMILES string of the molecule is Oc1ccc(C2CCN(CC3CCOCC3)CC2)cc1F. The molecule has 2 fully saturated rings. The van der Waals surface area contributed by atoms with Crippen molar-refractivity contribution in [3.8, 4) is 5.75 Å². The average molecular weight is 293 g/mol. The molecule has 1 N–H and O–H groups in total. The quantitative estimate of drug-likeness (QED) is 0.929. The molecule has 0 saturated carbocycles. The molecule has 0 amide bonds. The fraction of sp³-hybridized carbons (Fsp3) is 0.647. The number of phenols is 1. The number of phenolic OH excluding ortho intramolecular Hbond substituents is 1. The van der Waals surface area contributed by atoms with E-state index in [1.54, 1.807) is 0 Å². The number of likely N-dealkylation sites (tertiary alicyclic amines) is 1. The van der Waals surface area contributed by atoms with E-state index in [4.69, 9.17) is 4.74 Å². The molecule has 2 heterocycles. The molecule has 3 nitrogen and oxygen atoms in total. The molecule has 2 aliphatic heterocycles. The molecule has 0 aromatic heterocycles. The van der Waals surface area contributed by atoms with Crippen LogP contribution in [0.3, 0.4) is 0 Å². The molecule has 0 spiro atoms. The summed E-state index contributed by atoms with van der Waals surface area (Å²) in [4.78, 5) is 2.54. The van der Waals surface area contributed by atoms with Crippen LogP contribution < -0.4 is 0 Å². The fourth-order valence-electron chi connectivity index (χ4n) is 3.52. The van der Waals surface area contributed by atoms with E-state index < -0.39 is 5.82 Å². The van der Waals surface area contributed by atoms with Crippen LogP contribution in [-0.2, 0) is 4.74 Å². The third-order valence-corrected chi connectivity index (χ3v) is 4.89. The van der Waals surface area contributed by atoms with E-state index in [1.165, 1.54) is 31.5 Å². The van der Waals surface area contributed by atoms with Gasteiger partial charge in [-0.3, -0.25) is 0 Å². The molecular weight excluding hydrogens is 269 g/mol. The number of nitrogens with zero attached hydrogens (tertiary/aromatic N) is 1. The van der Waals surface area contributed by atoms with Gasteiger partial charge in [-0.15, -0.1) is 0 Å². The van der Waals surface area contributed by atoms with Gasteiger partial charge in [0.15, 0.2) is 11.6 Å². The third kappa shape index (κ3) is 3.74. The number of halogens is 1. The average Bonchev–Trinajstić information content (AvgIpc) is 2.52. The van der Waals surface area contributed by atoms with Crippen LogP contribution in [0.25, 0.3) is 0 Å². The summed E-state index contributed by atoms with van der Waals surface area (Å²) in [5, 5.41) is 9.27. The van der Waals surface area contributed by atoms with Crippen molar-refractivity contribution < 1.29 is 14.2 Å². The monoisotopic (exact) mass is 293 g/mol. The van der Waals surface area contributed by atoms with Crippen LogP contribution in [0.15, 0.2) is 18.2 Å². The lowest BCUT2D eigenvalue weighted by atomic mass is 9.88. The van der Waals surface area contributed by atoms with Gasteiger partial charge in [-0.2, -0.15) is 0 Å². The lowest BCUT2D eigenvalue weighted by molar-refractivity contribution is 0.0488. The number of rotatable bonds is 3. The van der Waals surface area contributed by atoms with Crippen molar-refractivity contribution in [3.05, 3.63) is 29.6 Å². The topological polar surface area (TPSA) is 32.7 Å². The van der Waals surface area contributed by atoms with Crippen molar-refractivity contribution in [3.63, 3.8) is 0 Å². The number of hydrogen-bond donors (Lipinski definition) is 1. The maximum Gasteiger partial charge on any atom is 0.165 e. The highest BCUT2D eigenvalue weighted by Gasteiger charge is 2.24. The minimum absolute atomic E-state index is 0.254. The van der Waals surface area contributed by atoms with E-state index in [0.717, 1.165) is 50.6 Å². The Morgan fingerprint density at radius 1 is 1.14 bits per heavy atom. The number of aromatic hydroxyl groups is 1. The number of hydrogen-bond acceptors (Lipinski definition) is 3. The summed E-state index contributed by atoms with van der Waals surface area (Å²) >= 11 is 0. The van der Waals surface area contributed by atoms with Crippen LogP contribution in [0.1, 0.15) is 37.2 Å². The first-order chi connectivity index (χ1) is 10.2.